The smallest absolute Gasteiger partial charge is 0.403 e. The summed E-state index contributed by atoms with van der Waals surface area (Å²) in [5.41, 5.74) is -1.36. The number of aliphatic imine (C=N–C) groups is 1. The van der Waals surface area contributed by atoms with Crippen LogP contribution in [-0.2, 0) is 0 Å². The van der Waals surface area contributed by atoms with Crippen LogP contribution >= 0.6 is 23.2 Å². The molecule has 0 spiro atoms. The second kappa shape index (κ2) is 11.7. The van der Waals surface area contributed by atoms with Crippen LogP contribution in [-0.4, -0.2) is 55.0 Å². The number of carbonyl (C=O) groups excluding carboxylic acids is 2. The first-order chi connectivity index (χ1) is 17.8. The average molecular weight is 572 g/mol. The molecule has 0 aliphatic carbocycles. The van der Waals surface area contributed by atoms with Crippen molar-refractivity contribution in [3.63, 3.8) is 0 Å². The second-order valence-corrected chi connectivity index (χ2v) is 8.65. The highest BCUT2D eigenvalue weighted by atomic mass is 35.5. The van der Waals surface area contributed by atoms with Crippen molar-refractivity contribution in [3.8, 4) is 5.75 Å². The van der Waals surface area contributed by atoms with Gasteiger partial charge in [-0.3, -0.25) is 14.6 Å². The minimum absolute atomic E-state index is 0.00543. The average Bonchev–Trinajstić information content (AvgIpc) is 2.81. The van der Waals surface area contributed by atoms with Crippen LogP contribution in [0.25, 0.3) is 0 Å². The van der Waals surface area contributed by atoms with Gasteiger partial charge in [-0.05, 0) is 30.3 Å². The Morgan fingerprint density at radius 2 is 1.66 bits per heavy atom. The zero-order chi connectivity index (χ0) is 28.2. The van der Waals surface area contributed by atoms with Crippen LogP contribution in [0.15, 0.2) is 53.7 Å². The Balaban J connectivity index is 2.03. The molecule has 0 saturated heterocycles. The van der Waals surface area contributed by atoms with Crippen LogP contribution in [0.3, 0.4) is 0 Å². The van der Waals surface area contributed by atoms with Crippen LogP contribution in [0.2, 0.25) is 10.0 Å². The molecule has 0 fully saturated rings. The van der Waals surface area contributed by atoms with Gasteiger partial charge in [-0.15, -0.1) is 13.2 Å². The predicted molar refractivity (Wildman–Crippen MR) is 136 cm³/mol. The Kier molecular flexibility index (Phi) is 8.79. The minimum Gasteiger partial charge on any atom is -0.403 e. The SMILES string of the molecule is C/N=C(/c1ccc(C(=O)Nc2c(OC(F)(F)F)cc(Cl)cc2C(=O)Nc2ccc(Cl)cn2)c(F)c1)N(C)C. The summed E-state index contributed by atoms with van der Waals surface area (Å²) in [5, 5.41) is 4.47. The highest BCUT2D eigenvalue weighted by Gasteiger charge is 2.34. The van der Waals surface area contributed by atoms with Gasteiger partial charge in [-0.25, -0.2) is 9.37 Å². The summed E-state index contributed by atoms with van der Waals surface area (Å²) in [5.74, 6) is -3.68. The molecular weight excluding hydrogens is 553 g/mol. The fraction of sp³-hybridized carbons (Fsp3) is 0.167. The lowest BCUT2D eigenvalue weighted by Gasteiger charge is -2.19. The molecule has 0 aliphatic heterocycles. The Morgan fingerprint density at radius 3 is 2.21 bits per heavy atom. The molecule has 0 radical (unpaired) electrons. The summed E-state index contributed by atoms with van der Waals surface area (Å²) >= 11 is 11.7. The van der Waals surface area contributed by atoms with Crippen molar-refractivity contribution in [3.05, 3.63) is 81.2 Å². The molecule has 2 amide bonds. The summed E-state index contributed by atoms with van der Waals surface area (Å²) in [6.45, 7) is 0. The Hall–Kier alpha value is -3.90. The number of alkyl halides is 3. The van der Waals surface area contributed by atoms with Crippen molar-refractivity contribution < 1.29 is 31.9 Å². The number of carbonyl (C=O) groups is 2. The standard InChI is InChI=1S/C24H19Cl2F4N5O3/c1-31-21(35(2)3)12-4-6-15(17(27)8-12)22(36)34-20-16(9-14(26)10-18(20)38-24(28,29)30)23(37)33-19-7-5-13(25)11-32-19/h4-11H,1-3H3,(H,34,36)(H,32,33,37)/b31-21-. The Bertz CT molecular complexity index is 1400. The highest BCUT2D eigenvalue weighted by Crippen LogP contribution is 2.37. The van der Waals surface area contributed by atoms with E-state index in [-0.39, 0.29) is 15.9 Å². The quantitative estimate of drug-likeness (QED) is 0.219. The normalized spacial score (nSPS) is 11.7. The van der Waals surface area contributed by atoms with Gasteiger partial charge in [0.1, 0.15) is 17.5 Å². The number of pyridine rings is 1. The van der Waals surface area contributed by atoms with Crippen LogP contribution < -0.4 is 15.4 Å². The number of nitrogens with one attached hydrogen (secondary N) is 2. The third-order valence-electron chi connectivity index (χ3n) is 4.85. The lowest BCUT2D eigenvalue weighted by molar-refractivity contribution is -0.274. The Morgan fingerprint density at radius 1 is 0.974 bits per heavy atom. The fourth-order valence-corrected chi connectivity index (χ4v) is 3.65. The van der Waals surface area contributed by atoms with Gasteiger partial charge in [0, 0.05) is 44.0 Å². The number of rotatable bonds is 6. The Labute approximate surface area is 224 Å². The van der Waals surface area contributed by atoms with E-state index < -0.39 is 46.6 Å². The van der Waals surface area contributed by atoms with E-state index in [4.69, 9.17) is 23.2 Å². The topological polar surface area (TPSA) is 95.9 Å². The monoisotopic (exact) mass is 571 g/mol. The third-order valence-corrected chi connectivity index (χ3v) is 5.29. The summed E-state index contributed by atoms with van der Waals surface area (Å²) in [4.78, 5) is 35.5. The highest BCUT2D eigenvalue weighted by molar-refractivity contribution is 6.32. The number of hydrogen-bond donors (Lipinski definition) is 2. The molecule has 3 aromatic rings. The molecule has 1 heterocycles. The second-order valence-electron chi connectivity index (χ2n) is 7.78. The first-order valence-electron chi connectivity index (χ1n) is 10.6. The lowest BCUT2D eigenvalue weighted by atomic mass is 10.1. The predicted octanol–water partition coefficient (Wildman–Crippen LogP) is 5.87. The minimum atomic E-state index is -5.20. The zero-order valence-corrected chi connectivity index (χ0v) is 21.5. The molecule has 0 bridgehead atoms. The van der Waals surface area contributed by atoms with Crippen LogP contribution in [0.5, 0.6) is 5.75 Å². The number of nitrogens with zero attached hydrogens (tertiary/aromatic N) is 3. The maximum Gasteiger partial charge on any atom is 0.573 e. The van der Waals surface area contributed by atoms with Crippen molar-refractivity contribution in [1.29, 1.82) is 0 Å². The molecule has 8 nitrogen and oxygen atoms in total. The molecule has 38 heavy (non-hydrogen) atoms. The number of aromatic nitrogens is 1. The van der Waals surface area contributed by atoms with Crippen molar-refractivity contribution >= 4 is 52.4 Å². The van der Waals surface area contributed by atoms with Gasteiger partial charge in [0.25, 0.3) is 11.8 Å². The molecule has 0 unspecified atom stereocenters. The van der Waals surface area contributed by atoms with E-state index in [1.54, 1.807) is 19.0 Å². The largest absolute Gasteiger partial charge is 0.573 e. The number of amidine groups is 1. The summed E-state index contributed by atoms with van der Waals surface area (Å²) in [6.07, 6.45) is -3.97. The third kappa shape index (κ3) is 7.11. The van der Waals surface area contributed by atoms with Gasteiger partial charge >= 0.3 is 6.36 Å². The molecule has 200 valence electrons. The summed E-state index contributed by atoms with van der Waals surface area (Å²) < 4.78 is 58.3. The zero-order valence-electron chi connectivity index (χ0n) is 20.0. The van der Waals surface area contributed by atoms with Gasteiger partial charge in [0.2, 0.25) is 0 Å². The molecule has 0 aliphatic rings. The van der Waals surface area contributed by atoms with Crippen molar-refractivity contribution in [2.75, 3.05) is 31.8 Å². The number of hydrogen-bond acceptors (Lipinski definition) is 5. The van der Waals surface area contributed by atoms with Crippen molar-refractivity contribution in [2.24, 2.45) is 4.99 Å². The van der Waals surface area contributed by atoms with Crippen LogP contribution in [0.1, 0.15) is 26.3 Å². The van der Waals surface area contributed by atoms with E-state index in [2.05, 4.69) is 25.3 Å². The van der Waals surface area contributed by atoms with E-state index in [1.165, 1.54) is 31.4 Å². The van der Waals surface area contributed by atoms with E-state index in [9.17, 15) is 27.2 Å². The molecule has 0 atom stereocenters. The number of ether oxygens (including phenoxy) is 1. The molecule has 1 aromatic heterocycles. The molecule has 2 N–H and O–H groups in total. The van der Waals surface area contributed by atoms with Gasteiger partial charge in [-0.2, -0.15) is 0 Å². The molecule has 14 heteroatoms. The summed E-state index contributed by atoms with van der Waals surface area (Å²) in [7, 11) is 4.88. The van der Waals surface area contributed by atoms with E-state index in [1.807, 2.05) is 0 Å². The maximum absolute atomic E-state index is 14.9. The number of benzene rings is 2. The molecule has 2 aromatic carbocycles. The first kappa shape index (κ1) is 28.7. The first-order valence-corrected chi connectivity index (χ1v) is 11.3. The van der Waals surface area contributed by atoms with Gasteiger partial charge in [0.05, 0.1) is 21.8 Å². The molecule has 3 rings (SSSR count). The van der Waals surface area contributed by atoms with Gasteiger partial charge in [-0.1, -0.05) is 29.3 Å². The van der Waals surface area contributed by atoms with E-state index in [0.717, 1.165) is 24.3 Å². The van der Waals surface area contributed by atoms with Crippen molar-refractivity contribution in [2.45, 2.75) is 6.36 Å². The maximum atomic E-state index is 14.9. The van der Waals surface area contributed by atoms with Gasteiger partial charge in [0.15, 0.2) is 5.75 Å². The number of amides is 2. The fourth-order valence-electron chi connectivity index (χ4n) is 3.33. The van der Waals surface area contributed by atoms with Gasteiger partial charge < -0.3 is 20.3 Å². The van der Waals surface area contributed by atoms with Crippen LogP contribution in [0.4, 0.5) is 29.1 Å². The van der Waals surface area contributed by atoms with Crippen LogP contribution in [0, 0.1) is 5.82 Å². The summed E-state index contributed by atoms with van der Waals surface area (Å²) in [6, 6.07) is 8.11. The molecular formula is C24H19Cl2F4N5O3. The van der Waals surface area contributed by atoms with E-state index in [0.29, 0.717) is 11.4 Å². The lowest BCUT2D eigenvalue weighted by Crippen LogP contribution is -2.24. The van der Waals surface area contributed by atoms with Crippen molar-refractivity contribution in [1.82, 2.24) is 9.88 Å². The number of anilines is 2. The number of halogens is 6. The molecule has 0 saturated carbocycles. The van der Waals surface area contributed by atoms with E-state index >= 15 is 0 Å².